The number of allylic oxidation sites excluding steroid dienone is 1. The van der Waals surface area contributed by atoms with Gasteiger partial charge in [0.1, 0.15) is 5.52 Å². The van der Waals surface area contributed by atoms with Crippen LogP contribution in [-0.4, -0.2) is 46.6 Å². The number of pyridine rings is 1. The van der Waals surface area contributed by atoms with Crippen molar-refractivity contribution in [3.05, 3.63) is 33.8 Å². The molecular weight excluding hydrogens is 426 g/mol. The highest BCUT2D eigenvalue weighted by Crippen LogP contribution is 2.28. The number of rotatable bonds is 7. The smallest absolute Gasteiger partial charge is 0.294 e. The summed E-state index contributed by atoms with van der Waals surface area (Å²) >= 11 is 0. The molecule has 1 saturated carbocycles. The molecule has 5 rings (SSSR count). The van der Waals surface area contributed by atoms with E-state index >= 15 is 0 Å². The van der Waals surface area contributed by atoms with Gasteiger partial charge in [0.25, 0.3) is 5.56 Å². The van der Waals surface area contributed by atoms with Crippen LogP contribution in [0.5, 0.6) is 0 Å². The molecule has 2 aromatic rings. The van der Waals surface area contributed by atoms with E-state index in [0.29, 0.717) is 29.8 Å². The van der Waals surface area contributed by atoms with Gasteiger partial charge in [0.05, 0.1) is 12.2 Å². The minimum Gasteiger partial charge on any atom is -0.381 e. The van der Waals surface area contributed by atoms with E-state index in [1.165, 1.54) is 37.7 Å². The lowest BCUT2D eigenvalue weighted by atomic mass is 9.89. The molecule has 0 amide bonds. The summed E-state index contributed by atoms with van der Waals surface area (Å²) < 4.78 is 7.37. The van der Waals surface area contributed by atoms with E-state index in [2.05, 4.69) is 17.2 Å². The second kappa shape index (κ2) is 10.4. The Balaban J connectivity index is 1.47. The molecule has 2 fully saturated rings. The number of aliphatic imine (C=N–C) groups is 1. The molecule has 3 aliphatic rings. The fourth-order valence-electron chi connectivity index (χ4n) is 5.71. The molecule has 2 aromatic heterocycles. The van der Waals surface area contributed by atoms with Crippen LogP contribution in [0.1, 0.15) is 70.9 Å². The van der Waals surface area contributed by atoms with Crippen molar-refractivity contribution in [2.45, 2.75) is 71.8 Å². The number of ether oxygens (including phenoxy) is 1. The van der Waals surface area contributed by atoms with E-state index in [1.54, 1.807) is 0 Å². The molecule has 7 heteroatoms. The molecule has 2 aliphatic heterocycles. The first-order chi connectivity index (χ1) is 16.6. The average Bonchev–Trinajstić information content (AvgIpc) is 3.20. The Bertz CT molecular complexity index is 1150. The summed E-state index contributed by atoms with van der Waals surface area (Å²) in [6.45, 7) is 8.05. The Kier molecular flexibility index (Phi) is 7.09. The Morgan fingerprint density at radius 1 is 1.03 bits per heavy atom. The summed E-state index contributed by atoms with van der Waals surface area (Å²) in [5.74, 6) is 1.63. The van der Waals surface area contributed by atoms with Gasteiger partial charge in [0.2, 0.25) is 0 Å². The first-order valence-corrected chi connectivity index (χ1v) is 13.0. The first-order valence-electron chi connectivity index (χ1n) is 13.0. The Morgan fingerprint density at radius 3 is 2.56 bits per heavy atom. The van der Waals surface area contributed by atoms with Crippen LogP contribution >= 0.6 is 0 Å². The summed E-state index contributed by atoms with van der Waals surface area (Å²) in [6, 6.07) is 4.05. The van der Waals surface area contributed by atoms with Gasteiger partial charge in [-0.3, -0.25) is 14.4 Å². The molecule has 182 valence electrons. The SMILES string of the molecule is CC1=NCC(C)=C1c1ccc2nc(NCCC3CCOCC3)c(=O)n(CC3CCCCC3)c2n1. The third kappa shape index (κ3) is 4.95. The van der Waals surface area contributed by atoms with Crippen LogP contribution in [0.4, 0.5) is 5.82 Å². The van der Waals surface area contributed by atoms with Gasteiger partial charge in [-0.1, -0.05) is 19.3 Å². The molecule has 1 saturated heterocycles. The van der Waals surface area contributed by atoms with Crippen molar-refractivity contribution in [2.24, 2.45) is 16.8 Å². The van der Waals surface area contributed by atoms with Crippen molar-refractivity contribution >= 4 is 28.3 Å². The zero-order valence-corrected chi connectivity index (χ0v) is 20.6. The monoisotopic (exact) mass is 463 g/mol. The van der Waals surface area contributed by atoms with E-state index < -0.39 is 0 Å². The standard InChI is InChI=1S/C27H37N5O2/c1-18-16-29-19(2)24(18)22-8-9-23-26(31-22)32(17-21-6-4-3-5-7-21)27(33)25(30-23)28-13-10-20-11-14-34-15-12-20/h8-9,20-21H,3-7,10-17H2,1-2H3,(H,28,30). The van der Waals surface area contributed by atoms with E-state index in [9.17, 15) is 4.79 Å². The van der Waals surface area contributed by atoms with Crippen LogP contribution in [0, 0.1) is 11.8 Å². The van der Waals surface area contributed by atoms with Crippen molar-refractivity contribution in [1.29, 1.82) is 0 Å². The van der Waals surface area contributed by atoms with Gasteiger partial charge in [-0.05, 0) is 75.5 Å². The second-order valence-electron chi connectivity index (χ2n) is 10.2. The molecule has 0 atom stereocenters. The largest absolute Gasteiger partial charge is 0.381 e. The van der Waals surface area contributed by atoms with E-state index in [0.717, 1.165) is 68.1 Å². The van der Waals surface area contributed by atoms with Crippen LogP contribution in [0.2, 0.25) is 0 Å². The normalized spacial score (nSPS) is 20.2. The number of aromatic nitrogens is 3. The fourth-order valence-corrected chi connectivity index (χ4v) is 5.71. The molecule has 0 unspecified atom stereocenters. The molecule has 4 heterocycles. The number of anilines is 1. The summed E-state index contributed by atoms with van der Waals surface area (Å²) in [7, 11) is 0. The van der Waals surface area contributed by atoms with Crippen LogP contribution in [-0.2, 0) is 11.3 Å². The number of nitrogens with zero attached hydrogens (tertiary/aromatic N) is 4. The molecule has 0 radical (unpaired) electrons. The Labute approximate surface area is 201 Å². The predicted molar refractivity (Wildman–Crippen MR) is 138 cm³/mol. The highest BCUT2D eigenvalue weighted by molar-refractivity contribution is 6.24. The number of hydrogen-bond acceptors (Lipinski definition) is 6. The number of fused-ring (bicyclic) bond motifs is 1. The molecular formula is C27H37N5O2. The lowest BCUT2D eigenvalue weighted by Gasteiger charge is -2.24. The third-order valence-corrected chi connectivity index (χ3v) is 7.74. The predicted octanol–water partition coefficient (Wildman–Crippen LogP) is 4.85. The zero-order chi connectivity index (χ0) is 23.5. The number of nitrogens with one attached hydrogen (secondary N) is 1. The van der Waals surface area contributed by atoms with Crippen LogP contribution in [0.3, 0.4) is 0 Å². The summed E-state index contributed by atoms with van der Waals surface area (Å²) in [5, 5.41) is 3.37. The second-order valence-corrected chi connectivity index (χ2v) is 10.2. The van der Waals surface area contributed by atoms with Gasteiger partial charge in [0, 0.05) is 37.6 Å². The number of hydrogen-bond donors (Lipinski definition) is 1. The third-order valence-electron chi connectivity index (χ3n) is 7.74. The lowest BCUT2D eigenvalue weighted by molar-refractivity contribution is 0.0649. The van der Waals surface area contributed by atoms with Gasteiger partial charge in [-0.2, -0.15) is 0 Å². The van der Waals surface area contributed by atoms with Crippen LogP contribution in [0.25, 0.3) is 16.7 Å². The minimum atomic E-state index is -0.0442. The molecule has 34 heavy (non-hydrogen) atoms. The van der Waals surface area contributed by atoms with Gasteiger partial charge in [-0.25, -0.2) is 9.97 Å². The lowest BCUT2D eigenvalue weighted by Crippen LogP contribution is -2.30. The van der Waals surface area contributed by atoms with Crippen molar-refractivity contribution in [3.63, 3.8) is 0 Å². The van der Waals surface area contributed by atoms with Crippen LogP contribution < -0.4 is 10.9 Å². The molecule has 1 N–H and O–H groups in total. The Hall–Kier alpha value is -2.54. The van der Waals surface area contributed by atoms with Crippen molar-refractivity contribution in [3.8, 4) is 0 Å². The minimum absolute atomic E-state index is 0.0442. The van der Waals surface area contributed by atoms with E-state index in [-0.39, 0.29) is 5.56 Å². The van der Waals surface area contributed by atoms with Gasteiger partial charge in [-0.15, -0.1) is 0 Å². The first kappa shape index (κ1) is 23.2. The highest BCUT2D eigenvalue weighted by Gasteiger charge is 2.22. The Morgan fingerprint density at radius 2 is 1.82 bits per heavy atom. The van der Waals surface area contributed by atoms with Gasteiger partial charge >= 0.3 is 0 Å². The topological polar surface area (TPSA) is 81.4 Å². The maximum Gasteiger partial charge on any atom is 0.294 e. The highest BCUT2D eigenvalue weighted by atomic mass is 16.5. The van der Waals surface area contributed by atoms with Crippen molar-refractivity contribution in [1.82, 2.24) is 14.5 Å². The van der Waals surface area contributed by atoms with Gasteiger partial charge in [0.15, 0.2) is 11.5 Å². The van der Waals surface area contributed by atoms with Crippen molar-refractivity contribution < 1.29 is 4.74 Å². The fraction of sp³-hybridized carbons (Fsp3) is 0.630. The molecule has 7 nitrogen and oxygen atoms in total. The summed E-state index contributed by atoms with van der Waals surface area (Å²) in [6.07, 6.45) is 9.40. The van der Waals surface area contributed by atoms with Crippen LogP contribution in [0.15, 0.2) is 27.5 Å². The summed E-state index contributed by atoms with van der Waals surface area (Å²) in [5.41, 5.74) is 5.67. The maximum absolute atomic E-state index is 13.6. The summed E-state index contributed by atoms with van der Waals surface area (Å²) in [4.78, 5) is 28.0. The molecule has 0 spiro atoms. The molecule has 1 aliphatic carbocycles. The quantitative estimate of drug-likeness (QED) is 0.635. The zero-order valence-electron chi connectivity index (χ0n) is 20.6. The molecule has 0 aromatic carbocycles. The van der Waals surface area contributed by atoms with Gasteiger partial charge < -0.3 is 10.1 Å². The van der Waals surface area contributed by atoms with E-state index in [1.807, 2.05) is 23.6 Å². The maximum atomic E-state index is 13.6. The van der Waals surface area contributed by atoms with E-state index in [4.69, 9.17) is 14.7 Å². The molecule has 0 bridgehead atoms. The average molecular weight is 464 g/mol. The van der Waals surface area contributed by atoms with Crippen molar-refractivity contribution in [2.75, 3.05) is 31.6 Å².